The van der Waals surface area contributed by atoms with E-state index in [9.17, 15) is 4.79 Å². The lowest BCUT2D eigenvalue weighted by Crippen LogP contribution is -2.32. The van der Waals surface area contributed by atoms with Crippen LogP contribution < -0.4 is 34.3 Å². The summed E-state index contributed by atoms with van der Waals surface area (Å²) in [5.74, 6) is 2.79. The van der Waals surface area contributed by atoms with Gasteiger partial charge in [0.25, 0.3) is 0 Å². The summed E-state index contributed by atoms with van der Waals surface area (Å²) >= 11 is 0. The highest BCUT2D eigenvalue weighted by Crippen LogP contribution is 2.39. The van der Waals surface area contributed by atoms with Crippen molar-refractivity contribution in [1.29, 1.82) is 0 Å². The van der Waals surface area contributed by atoms with Crippen molar-refractivity contribution in [3.8, 4) is 28.7 Å². The lowest BCUT2D eigenvalue weighted by Gasteiger charge is -2.15. The van der Waals surface area contributed by atoms with Crippen molar-refractivity contribution in [2.45, 2.75) is 6.92 Å². The molecular weight excluding hydrogens is 364 g/mol. The smallest absolute Gasteiger partial charge is 0.319 e. The Balaban J connectivity index is 1.85. The minimum Gasteiger partial charge on any atom is -0.494 e. The van der Waals surface area contributed by atoms with Crippen LogP contribution in [-0.4, -0.2) is 47.1 Å². The molecule has 0 heterocycles. The van der Waals surface area contributed by atoms with Gasteiger partial charge in [0.1, 0.15) is 18.1 Å². The number of urea groups is 1. The van der Waals surface area contributed by atoms with Crippen LogP contribution in [0.4, 0.5) is 10.5 Å². The topological polar surface area (TPSA) is 87.3 Å². The van der Waals surface area contributed by atoms with Crippen LogP contribution in [0.1, 0.15) is 6.92 Å². The molecule has 0 aromatic heterocycles. The van der Waals surface area contributed by atoms with Gasteiger partial charge in [0.2, 0.25) is 5.75 Å². The second-order valence-electron chi connectivity index (χ2n) is 5.55. The molecule has 2 rings (SSSR count). The van der Waals surface area contributed by atoms with Gasteiger partial charge in [-0.1, -0.05) is 6.07 Å². The van der Waals surface area contributed by atoms with Gasteiger partial charge < -0.3 is 34.3 Å². The van der Waals surface area contributed by atoms with Crippen molar-refractivity contribution in [3.05, 3.63) is 36.4 Å². The van der Waals surface area contributed by atoms with Crippen molar-refractivity contribution < 1.29 is 28.5 Å². The van der Waals surface area contributed by atoms with Crippen molar-refractivity contribution in [2.24, 2.45) is 0 Å². The number of hydrogen-bond acceptors (Lipinski definition) is 6. The molecular formula is C20H26N2O6. The monoisotopic (exact) mass is 390 g/mol. The standard InChI is InChI=1S/C20H26N2O6/c1-5-27-15-7-6-8-16(13-15)28-10-9-21-20(23)22-14-11-17(24-2)19(26-4)18(12-14)25-3/h6-8,11-13H,5,9-10H2,1-4H3,(H2,21,22,23). The van der Waals surface area contributed by atoms with Gasteiger partial charge in [-0.05, 0) is 19.1 Å². The highest BCUT2D eigenvalue weighted by molar-refractivity contribution is 5.90. The third-order valence-corrected chi connectivity index (χ3v) is 3.70. The Morgan fingerprint density at radius 1 is 0.929 bits per heavy atom. The van der Waals surface area contributed by atoms with Crippen LogP contribution >= 0.6 is 0 Å². The molecule has 2 aromatic rings. The third-order valence-electron chi connectivity index (χ3n) is 3.70. The van der Waals surface area contributed by atoms with Gasteiger partial charge in [0.05, 0.1) is 40.2 Å². The first kappa shape index (κ1) is 21.0. The highest BCUT2D eigenvalue weighted by Gasteiger charge is 2.14. The largest absolute Gasteiger partial charge is 0.494 e. The Hall–Kier alpha value is -3.29. The second-order valence-corrected chi connectivity index (χ2v) is 5.55. The molecule has 0 saturated heterocycles. The first-order valence-corrected chi connectivity index (χ1v) is 8.81. The zero-order chi connectivity index (χ0) is 20.4. The first-order chi connectivity index (χ1) is 13.6. The number of carbonyl (C=O) groups excluding carboxylic acids is 1. The molecule has 0 aliphatic heterocycles. The molecule has 28 heavy (non-hydrogen) atoms. The van der Waals surface area contributed by atoms with Gasteiger partial charge in [0, 0.05) is 18.2 Å². The van der Waals surface area contributed by atoms with Crippen LogP contribution in [0.2, 0.25) is 0 Å². The van der Waals surface area contributed by atoms with E-state index in [1.54, 1.807) is 18.2 Å². The van der Waals surface area contributed by atoms with Crippen LogP contribution in [-0.2, 0) is 0 Å². The Bertz CT molecular complexity index is 756. The van der Waals surface area contributed by atoms with E-state index in [-0.39, 0.29) is 6.03 Å². The lowest BCUT2D eigenvalue weighted by atomic mass is 10.2. The van der Waals surface area contributed by atoms with Crippen LogP contribution in [0, 0.1) is 0 Å². The highest BCUT2D eigenvalue weighted by atomic mass is 16.5. The predicted octanol–water partition coefficient (Wildman–Crippen LogP) is 3.31. The summed E-state index contributed by atoms with van der Waals surface area (Å²) in [5.41, 5.74) is 0.511. The number of ether oxygens (including phenoxy) is 5. The Labute approximate surface area is 164 Å². The maximum Gasteiger partial charge on any atom is 0.319 e. The van der Waals surface area contributed by atoms with Crippen LogP contribution in [0.15, 0.2) is 36.4 Å². The van der Waals surface area contributed by atoms with Crippen LogP contribution in [0.25, 0.3) is 0 Å². The number of benzene rings is 2. The fourth-order valence-electron chi connectivity index (χ4n) is 2.48. The Morgan fingerprint density at radius 2 is 1.57 bits per heavy atom. The molecule has 152 valence electrons. The van der Waals surface area contributed by atoms with E-state index in [1.165, 1.54) is 21.3 Å². The fraction of sp³-hybridized carbons (Fsp3) is 0.350. The molecule has 0 aliphatic rings. The van der Waals surface area contributed by atoms with Gasteiger partial charge in [-0.3, -0.25) is 0 Å². The van der Waals surface area contributed by atoms with E-state index in [4.69, 9.17) is 23.7 Å². The molecule has 0 spiro atoms. The number of carbonyl (C=O) groups is 1. The maximum absolute atomic E-state index is 12.1. The van der Waals surface area contributed by atoms with Crippen molar-refractivity contribution >= 4 is 11.7 Å². The van der Waals surface area contributed by atoms with E-state index in [0.29, 0.717) is 48.4 Å². The van der Waals surface area contributed by atoms with Gasteiger partial charge in [-0.25, -0.2) is 4.79 Å². The van der Waals surface area contributed by atoms with E-state index < -0.39 is 0 Å². The minimum absolute atomic E-state index is 0.318. The quantitative estimate of drug-likeness (QED) is 0.605. The molecule has 2 aromatic carbocycles. The number of nitrogens with one attached hydrogen (secondary N) is 2. The summed E-state index contributed by atoms with van der Waals surface area (Å²) in [5, 5.41) is 5.45. The minimum atomic E-state index is -0.374. The summed E-state index contributed by atoms with van der Waals surface area (Å²) in [6, 6.07) is 10.3. The van der Waals surface area contributed by atoms with Crippen molar-refractivity contribution in [1.82, 2.24) is 5.32 Å². The number of rotatable bonds is 10. The van der Waals surface area contributed by atoms with Gasteiger partial charge in [-0.2, -0.15) is 0 Å². The molecule has 0 fully saturated rings. The van der Waals surface area contributed by atoms with Crippen LogP contribution in [0.5, 0.6) is 28.7 Å². The molecule has 2 amide bonds. The molecule has 8 nitrogen and oxygen atoms in total. The molecule has 0 atom stereocenters. The van der Waals surface area contributed by atoms with Crippen LogP contribution in [0.3, 0.4) is 0 Å². The number of anilines is 1. The zero-order valence-corrected chi connectivity index (χ0v) is 16.5. The average Bonchev–Trinajstić information content (AvgIpc) is 2.71. The second kappa shape index (κ2) is 10.8. The van der Waals surface area contributed by atoms with E-state index >= 15 is 0 Å². The summed E-state index contributed by atoms with van der Waals surface area (Å²) < 4.78 is 26.8. The summed E-state index contributed by atoms with van der Waals surface area (Å²) in [6.07, 6.45) is 0. The van der Waals surface area contributed by atoms with E-state index in [2.05, 4.69) is 10.6 Å². The van der Waals surface area contributed by atoms with E-state index in [0.717, 1.165) is 5.75 Å². The normalized spacial score (nSPS) is 10.0. The number of amides is 2. The summed E-state index contributed by atoms with van der Waals surface area (Å²) in [7, 11) is 4.54. The SMILES string of the molecule is CCOc1cccc(OCCNC(=O)Nc2cc(OC)c(OC)c(OC)c2)c1. The zero-order valence-electron chi connectivity index (χ0n) is 16.5. The van der Waals surface area contributed by atoms with Crippen molar-refractivity contribution in [2.75, 3.05) is 46.4 Å². The Kier molecular flexibility index (Phi) is 8.08. The number of methoxy groups -OCH3 is 3. The first-order valence-electron chi connectivity index (χ1n) is 8.81. The maximum atomic E-state index is 12.1. The van der Waals surface area contributed by atoms with Gasteiger partial charge >= 0.3 is 6.03 Å². The molecule has 0 saturated carbocycles. The molecule has 0 bridgehead atoms. The molecule has 0 unspecified atom stereocenters. The molecule has 8 heteroatoms. The third kappa shape index (κ3) is 5.87. The van der Waals surface area contributed by atoms with Gasteiger partial charge in [0.15, 0.2) is 11.5 Å². The lowest BCUT2D eigenvalue weighted by molar-refractivity contribution is 0.247. The predicted molar refractivity (Wildman–Crippen MR) is 106 cm³/mol. The molecule has 0 aliphatic carbocycles. The molecule has 2 N–H and O–H groups in total. The summed E-state index contributed by atoms with van der Waals surface area (Å²) in [6.45, 7) is 3.16. The summed E-state index contributed by atoms with van der Waals surface area (Å²) in [4.78, 5) is 12.1. The fourth-order valence-corrected chi connectivity index (χ4v) is 2.48. The molecule has 0 radical (unpaired) electrons. The average molecular weight is 390 g/mol. The van der Waals surface area contributed by atoms with E-state index in [1.807, 2.05) is 25.1 Å². The Morgan fingerprint density at radius 3 is 2.14 bits per heavy atom. The van der Waals surface area contributed by atoms with Crippen molar-refractivity contribution in [3.63, 3.8) is 0 Å². The number of hydrogen-bond donors (Lipinski definition) is 2. The van der Waals surface area contributed by atoms with Gasteiger partial charge in [-0.15, -0.1) is 0 Å².